The van der Waals surface area contributed by atoms with Crippen molar-refractivity contribution in [2.45, 2.75) is 13.2 Å². The molecule has 28 heavy (non-hydrogen) atoms. The third-order valence-electron chi connectivity index (χ3n) is 4.44. The summed E-state index contributed by atoms with van der Waals surface area (Å²) in [4.78, 5) is 23.9. The second kappa shape index (κ2) is 8.14. The van der Waals surface area contributed by atoms with Crippen LogP contribution in [0.4, 0.5) is 10.8 Å². The number of benzene rings is 1. The van der Waals surface area contributed by atoms with Crippen LogP contribution in [0.3, 0.4) is 0 Å². The molecule has 0 spiro atoms. The summed E-state index contributed by atoms with van der Waals surface area (Å²) in [6.45, 7) is 0.800. The van der Waals surface area contributed by atoms with Gasteiger partial charge in [-0.3, -0.25) is 4.79 Å². The molecule has 7 nitrogen and oxygen atoms in total. The van der Waals surface area contributed by atoms with Crippen LogP contribution in [0, 0.1) is 5.92 Å². The van der Waals surface area contributed by atoms with E-state index in [0.717, 1.165) is 5.69 Å². The molecular formula is C18H17ClN4O3S2. The summed E-state index contributed by atoms with van der Waals surface area (Å²) in [6, 6.07) is 7.58. The second-order valence-electron chi connectivity index (χ2n) is 6.28. The van der Waals surface area contributed by atoms with Crippen molar-refractivity contribution in [1.82, 2.24) is 9.97 Å². The number of nitrogens with zero attached hydrogens (tertiary/aromatic N) is 3. The van der Waals surface area contributed by atoms with Crippen LogP contribution < -0.4 is 10.2 Å². The lowest BCUT2D eigenvalue weighted by Crippen LogP contribution is -2.52. The second-order valence-corrected chi connectivity index (χ2v) is 8.63. The first-order valence-corrected chi connectivity index (χ1v) is 10.6. The molecule has 1 saturated heterocycles. The van der Waals surface area contributed by atoms with Gasteiger partial charge in [-0.05, 0) is 12.1 Å². The van der Waals surface area contributed by atoms with Crippen molar-refractivity contribution in [1.29, 1.82) is 0 Å². The van der Waals surface area contributed by atoms with Crippen molar-refractivity contribution in [3.05, 3.63) is 45.4 Å². The van der Waals surface area contributed by atoms with Crippen LogP contribution in [-0.4, -0.2) is 39.2 Å². The molecule has 1 fully saturated rings. The highest BCUT2D eigenvalue weighted by molar-refractivity contribution is 7.17. The van der Waals surface area contributed by atoms with Crippen LogP contribution in [-0.2, 0) is 18.0 Å². The predicted octanol–water partition coefficient (Wildman–Crippen LogP) is 2.98. The van der Waals surface area contributed by atoms with E-state index in [1.807, 2.05) is 24.3 Å². The monoisotopic (exact) mass is 436 g/mol. The fourth-order valence-electron chi connectivity index (χ4n) is 2.97. The lowest BCUT2D eigenvalue weighted by molar-refractivity contribution is -0.120. The molecule has 1 aliphatic rings. The molecule has 3 heterocycles. The Morgan fingerprint density at radius 3 is 2.75 bits per heavy atom. The number of aliphatic hydroxyl groups excluding tert-OH is 2. The van der Waals surface area contributed by atoms with Crippen molar-refractivity contribution in [3.63, 3.8) is 0 Å². The van der Waals surface area contributed by atoms with E-state index in [1.165, 1.54) is 22.7 Å². The summed E-state index contributed by atoms with van der Waals surface area (Å²) in [5, 5.41) is 25.0. The standard InChI is InChI=1S/C18H17ClN4O3S2/c19-11-3-1-2-4-14(11)23-5-10(6-23)17(26)22-18-21-13(9-27-18)16-12(7-24)20-15(8-25)28-16/h1-4,9-10,24-25H,5-8H2,(H,21,22,26). The van der Waals surface area contributed by atoms with Crippen LogP contribution in [0.5, 0.6) is 0 Å². The molecule has 3 aromatic rings. The van der Waals surface area contributed by atoms with Gasteiger partial charge >= 0.3 is 0 Å². The molecule has 1 aromatic carbocycles. The van der Waals surface area contributed by atoms with E-state index < -0.39 is 0 Å². The molecule has 0 bridgehead atoms. The number of hydrogen-bond donors (Lipinski definition) is 3. The molecular weight excluding hydrogens is 420 g/mol. The topological polar surface area (TPSA) is 98.6 Å². The van der Waals surface area contributed by atoms with Gasteiger partial charge in [0.25, 0.3) is 0 Å². The zero-order valence-electron chi connectivity index (χ0n) is 14.6. The lowest BCUT2D eigenvalue weighted by Gasteiger charge is -2.40. The van der Waals surface area contributed by atoms with Gasteiger partial charge in [-0.15, -0.1) is 22.7 Å². The third-order valence-corrected chi connectivity index (χ3v) is 6.62. The summed E-state index contributed by atoms with van der Waals surface area (Å²) < 4.78 is 0. The molecule has 0 unspecified atom stereocenters. The number of carbonyl (C=O) groups excluding carboxylic acids is 1. The highest BCUT2D eigenvalue weighted by Crippen LogP contribution is 2.34. The minimum Gasteiger partial charge on any atom is -0.390 e. The number of para-hydroxylation sites is 1. The zero-order chi connectivity index (χ0) is 19.7. The normalized spacial score (nSPS) is 14.2. The number of aromatic nitrogens is 2. The van der Waals surface area contributed by atoms with E-state index >= 15 is 0 Å². The van der Waals surface area contributed by atoms with E-state index in [9.17, 15) is 15.0 Å². The summed E-state index contributed by atoms with van der Waals surface area (Å²) >= 11 is 8.80. The van der Waals surface area contributed by atoms with Gasteiger partial charge in [0.15, 0.2) is 5.13 Å². The first-order valence-electron chi connectivity index (χ1n) is 8.55. The smallest absolute Gasteiger partial charge is 0.232 e. The minimum atomic E-state index is -0.231. The first kappa shape index (κ1) is 19.3. The van der Waals surface area contributed by atoms with E-state index in [4.69, 9.17) is 11.6 Å². The average molecular weight is 437 g/mol. The number of anilines is 2. The number of halogens is 1. The highest BCUT2D eigenvalue weighted by Gasteiger charge is 2.34. The van der Waals surface area contributed by atoms with Crippen molar-refractivity contribution in [2.75, 3.05) is 23.3 Å². The first-order chi connectivity index (χ1) is 13.6. The summed E-state index contributed by atoms with van der Waals surface area (Å²) in [5.41, 5.74) is 2.05. The number of thiazole rings is 2. The maximum absolute atomic E-state index is 12.5. The molecule has 3 N–H and O–H groups in total. The third kappa shape index (κ3) is 3.76. The molecule has 4 rings (SSSR count). The Balaban J connectivity index is 1.39. The van der Waals surface area contributed by atoms with Gasteiger partial charge in [0, 0.05) is 18.5 Å². The van der Waals surface area contributed by atoms with Gasteiger partial charge in [0.05, 0.1) is 46.1 Å². The van der Waals surface area contributed by atoms with Gasteiger partial charge in [0.2, 0.25) is 5.91 Å². The number of nitrogens with one attached hydrogen (secondary N) is 1. The van der Waals surface area contributed by atoms with Crippen molar-refractivity contribution >= 4 is 51.0 Å². The Kier molecular flexibility index (Phi) is 5.61. The summed E-state index contributed by atoms with van der Waals surface area (Å²) in [6.07, 6.45) is 0. The summed E-state index contributed by atoms with van der Waals surface area (Å²) in [5.74, 6) is -0.201. The Morgan fingerprint density at radius 2 is 2.04 bits per heavy atom. The fourth-order valence-corrected chi connectivity index (χ4v) is 4.90. The van der Waals surface area contributed by atoms with Crippen LogP contribution >= 0.6 is 34.3 Å². The van der Waals surface area contributed by atoms with Gasteiger partial charge in [0.1, 0.15) is 5.01 Å². The fraction of sp³-hybridized carbons (Fsp3) is 0.278. The molecule has 0 aliphatic carbocycles. The number of carbonyl (C=O) groups is 1. The number of amides is 1. The van der Waals surface area contributed by atoms with E-state index in [1.54, 1.807) is 5.38 Å². The number of aliphatic hydroxyl groups is 2. The predicted molar refractivity (Wildman–Crippen MR) is 111 cm³/mol. The van der Waals surface area contributed by atoms with E-state index in [2.05, 4.69) is 20.2 Å². The molecule has 0 saturated carbocycles. The van der Waals surface area contributed by atoms with Gasteiger partial charge in [-0.25, -0.2) is 9.97 Å². The Labute approximate surface area is 174 Å². The van der Waals surface area contributed by atoms with Crippen LogP contribution in [0.15, 0.2) is 29.6 Å². The van der Waals surface area contributed by atoms with Crippen molar-refractivity contribution in [3.8, 4) is 10.6 Å². The minimum absolute atomic E-state index is 0.0769. The maximum Gasteiger partial charge on any atom is 0.232 e. The average Bonchev–Trinajstić information content (AvgIpc) is 3.28. The van der Waals surface area contributed by atoms with Crippen molar-refractivity contribution < 1.29 is 15.0 Å². The summed E-state index contributed by atoms with van der Waals surface area (Å²) in [7, 11) is 0. The number of rotatable bonds is 6. The maximum atomic E-state index is 12.5. The SMILES string of the molecule is O=C(Nc1nc(-c2sc(CO)nc2CO)cs1)C1CN(c2ccccc2Cl)C1. The molecule has 2 aromatic heterocycles. The molecule has 0 atom stereocenters. The highest BCUT2D eigenvalue weighted by atomic mass is 35.5. The van der Waals surface area contributed by atoms with E-state index in [0.29, 0.717) is 44.5 Å². The Bertz CT molecular complexity index is 1000. The molecule has 1 aliphatic heterocycles. The zero-order valence-corrected chi connectivity index (χ0v) is 17.0. The molecule has 0 radical (unpaired) electrons. The van der Waals surface area contributed by atoms with Crippen LogP contribution in [0.2, 0.25) is 5.02 Å². The Morgan fingerprint density at radius 1 is 1.25 bits per heavy atom. The largest absolute Gasteiger partial charge is 0.390 e. The van der Waals surface area contributed by atoms with Gasteiger partial charge in [-0.2, -0.15) is 0 Å². The van der Waals surface area contributed by atoms with E-state index in [-0.39, 0.29) is 25.0 Å². The molecule has 1 amide bonds. The number of hydrogen-bond acceptors (Lipinski definition) is 8. The van der Waals surface area contributed by atoms with Crippen LogP contribution in [0.25, 0.3) is 10.6 Å². The molecule has 146 valence electrons. The van der Waals surface area contributed by atoms with Crippen molar-refractivity contribution in [2.24, 2.45) is 5.92 Å². The molecule has 10 heteroatoms. The van der Waals surface area contributed by atoms with Gasteiger partial charge in [-0.1, -0.05) is 23.7 Å². The lowest BCUT2D eigenvalue weighted by atomic mass is 9.98. The Hall–Kier alpha value is -2.04. The van der Waals surface area contributed by atoms with Gasteiger partial charge < -0.3 is 20.4 Å². The quantitative estimate of drug-likeness (QED) is 0.549. The van der Waals surface area contributed by atoms with Crippen LogP contribution in [0.1, 0.15) is 10.7 Å².